The van der Waals surface area contributed by atoms with Crippen molar-refractivity contribution >= 4 is 16.9 Å². The maximum Gasteiger partial charge on any atom is 0.196 e. The summed E-state index contributed by atoms with van der Waals surface area (Å²) in [6, 6.07) is 9.24. The first kappa shape index (κ1) is 15.8. The van der Waals surface area contributed by atoms with E-state index in [1.54, 1.807) is 30.8 Å². The van der Waals surface area contributed by atoms with Gasteiger partial charge in [0.1, 0.15) is 11.2 Å². The topological polar surface area (TPSA) is 90.1 Å². The maximum absolute atomic E-state index is 5.47. The Kier molecular flexibility index (Phi) is 3.95. The average molecular weight is 360 g/mol. The summed E-state index contributed by atoms with van der Waals surface area (Å²) >= 11 is 0. The molecular weight excluding hydrogens is 344 g/mol. The van der Waals surface area contributed by atoms with E-state index in [1.807, 2.05) is 18.2 Å². The van der Waals surface area contributed by atoms with E-state index in [-0.39, 0.29) is 0 Å². The molecule has 1 saturated heterocycles. The Labute approximate surface area is 154 Å². The van der Waals surface area contributed by atoms with E-state index in [2.05, 4.69) is 24.8 Å². The highest BCUT2D eigenvalue weighted by atomic mass is 16.5. The summed E-state index contributed by atoms with van der Waals surface area (Å²) in [5, 5.41) is 0. The first-order valence-corrected chi connectivity index (χ1v) is 8.71. The van der Waals surface area contributed by atoms with Gasteiger partial charge >= 0.3 is 0 Å². The summed E-state index contributed by atoms with van der Waals surface area (Å²) in [4.78, 5) is 25.0. The normalized spacial score (nSPS) is 14.6. The van der Waals surface area contributed by atoms with Crippen LogP contribution in [0.3, 0.4) is 0 Å². The molecule has 0 atom stereocenters. The number of furan rings is 1. The summed E-state index contributed by atoms with van der Waals surface area (Å²) in [5.74, 6) is 2.44. The van der Waals surface area contributed by atoms with E-state index in [0.717, 1.165) is 29.9 Å². The van der Waals surface area contributed by atoms with Crippen LogP contribution < -0.4 is 4.90 Å². The molecule has 0 bridgehead atoms. The maximum atomic E-state index is 5.47. The minimum Gasteiger partial charge on any atom is -0.461 e. The van der Waals surface area contributed by atoms with Crippen molar-refractivity contribution in [2.45, 2.75) is 0 Å². The van der Waals surface area contributed by atoms with Crippen LogP contribution in [0.2, 0.25) is 0 Å². The van der Waals surface area contributed by atoms with Crippen molar-refractivity contribution in [1.82, 2.24) is 24.9 Å². The molecule has 4 aromatic heterocycles. The molecule has 0 aromatic carbocycles. The standard InChI is InChI=1S/C19H16N6O2/c1-3-13-16(20-6-1)19(25-8-11-26-12-9-25)24-17(22-13)14-5-7-21-18(23-14)15-4-2-10-27-15/h1-7,10H,8-9,11-12H2. The number of hydrogen-bond acceptors (Lipinski definition) is 8. The molecule has 27 heavy (non-hydrogen) atoms. The van der Waals surface area contributed by atoms with Crippen molar-refractivity contribution in [3.8, 4) is 23.1 Å². The number of ether oxygens (including phenoxy) is 1. The van der Waals surface area contributed by atoms with Crippen molar-refractivity contribution in [3.63, 3.8) is 0 Å². The van der Waals surface area contributed by atoms with Gasteiger partial charge in [-0.05, 0) is 30.3 Å². The first-order valence-electron chi connectivity index (χ1n) is 8.71. The van der Waals surface area contributed by atoms with Gasteiger partial charge in [-0.1, -0.05) is 0 Å². The Morgan fingerprint density at radius 2 is 1.78 bits per heavy atom. The molecule has 0 unspecified atom stereocenters. The highest BCUT2D eigenvalue weighted by Gasteiger charge is 2.19. The zero-order chi connectivity index (χ0) is 18.1. The lowest BCUT2D eigenvalue weighted by Gasteiger charge is -2.28. The summed E-state index contributed by atoms with van der Waals surface area (Å²) in [6.45, 7) is 2.88. The third kappa shape index (κ3) is 3.00. The molecule has 0 amide bonds. The second-order valence-electron chi connectivity index (χ2n) is 6.08. The summed E-state index contributed by atoms with van der Waals surface area (Å²) in [5.41, 5.74) is 2.20. The van der Waals surface area contributed by atoms with Gasteiger partial charge in [0.2, 0.25) is 0 Å². The van der Waals surface area contributed by atoms with Crippen LogP contribution in [-0.4, -0.2) is 51.2 Å². The fraction of sp³-hybridized carbons (Fsp3) is 0.211. The molecular formula is C19H16N6O2. The number of pyridine rings is 1. The zero-order valence-electron chi connectivity index (χ0n) is 14.4. The Morgan fingerprint density at radius 3 is 2.63 bits per heavy atom. The van der Waals surface area contributed by atoms with Gasteiger partial charge in [-0.2, -0.15) is 0 Å². The van der Waals surface area contributed by atoms with Crippen molar-refractivity contribution in [3.05, 3.63) is 49.0 Å². The Hall–Kier alpha value is -3.39. The molecule has 4 aromatic rings. The monoisotopic (exact) mass is 360 g/mol. The van der Waals surface area contributed by atoms with Crippen LogP contribution in [0.5, 0.6) is 0 Å². The first-order chi connectivity index (χ1) is 13.4. The van der Waals surface area contributed by atoms with Gasteiger partial charge in [-0.15, -0.1) is 0 Å². The third-order valence-corrected chi connectivity index (χ3v) is 4.37. The molecule has 8 nitrogen and oxygen atoms in total. The molecule has 0 spiro atoms. The minimum absolute atomic E-state index is 0.500. The molecule has 0 aliphatic carbocycles. The van der Waals surface area contributed by atoms with Crippen LogP contribution in [0.4, 0.5) is 5.82 Å². The number of anilines is 1. The van der Waals surface area contributed by atoms with Gasteiger partial charge in [0.05, 0.1) is 25.0 Å². The van der Waals surface area contributed by atoms with Crippen molar-refractivity contribution in [2.75, 3.05) is 31.2 Å². The molecule has 0 radical (unpaired) electrons. The lowest BCUT2D eigenvalue weighted by Crippen LogP contribution is -2.37. The van der Waals surface area contributed by atoms with E-state index >= 15 is 0 Å². The Balaban J connectivity index is 1.64. The molecule has 0 N–H and O–H groups in total. The van der Waals surface area contributed by atoms with E-state index in [4.69, 9.17) is 14.1 Å². The van der Waals surface area contributed by atoms with Crippen LogP contribution in [-0.2, 0) is 4.74 Å². The minimum atomic E-state index is 0.500. The SMILES string of the molecule is c1coc(-c2nccc(-c3nc(N4CCOCC4)c4ncccc4n3)n2)c1. The van der Waals surface area contributed by atoms with Crippen LogP contribution >= 0.6 is 0 Å². The van der Waals surface area contributed by atoms with Gasteiger partial charge in [-0.3, -0.25) is 4.98 Å². The lowest BCUT2D eigenvalue weighted by molar-refractivity contribution is 0.122. The number of hydrogen-bond donors (Lipinski definition) is 0. The summed E-state index contributed by atoms with van der Waals surface area (Å²) in [6.07, 6.45) is 5.04. The fourth-order valence-electron chi connectivity index (χ4n) is 3.07. The van der Waals surface area contributed by atoms with E-state index in [0.29, 0.717) is 36.3 Å². The molecule has 134 valence electrons. The molecule has 5 heterocycles. The van der Waals surface area contributed by atoms with Gasteiger partial charge in [0.25, 0.3) is 0 Å². The van der Waals surface area contributed by atoms with Crippen molar-refractivity contribution < 1.29 is 9.15 Å². The van der Waals surface area contributed by atoms with Crippen LogP contribution in [0.1, 0.15) is 0 Å². The number of rotatable bonds is 3. The highest BCUT2D eigenvalue weighted by molar-refractivity contribution is 5.87. The van der Waals surface area contributed by atoms with Gasteiger partial charge in [-0.25, -0.2) is 19.9 Å². The fourth-order valence-corrected chi connectivity index (χ4v) is 3.07. The largest absolute Gasteiger partial charge is 0.461 e. The Morgan fingerprint density at radius 1 is 0.852 bits per heavy atom. The Bertz CT molecular complexity index is 1080. The molecule has 1 aliphatic heterocycles. The molecule has 0 saturated carbocycles. The van der Waals surface area contributed by atoms with Crippen LogP contribution in [0.15, 0.2) is 53.4 Å². The van der Waals surface area contributed by atoms with Crippen LogP contribution in [0.25, 0.3) is 34.1 Å². The van der Waals surface area contributed by atoms with Gasteiger partial charge < -0.3 is 14.1 Å². The van der Waals surface area contributed by atoms with E-state index in [1.165, 1.54) is 0 Å². The summed E-state index contributed by atoms with van der Waals surface area (Å²) in [7, 11) is 0. The highest BCUT2D eigenvalue weighted by Crippen LogP contribution is 2.26. The molecule has 1 aliphatic rings. The van der Waals surface area contributed by atoms with Crippen molar-refractivity contribution in [2.24, 2.45) is 0 Å². The van der Waals surface area contributed by atoms with E-state index < -0.39 is 0 Å². The second kappa shape index (κ2) is 6.73. The predicted octanol–water partition coefficient (Wildman–Crippen LogP) is 2.58. The summed E-state index contributed by atoms with van der Waals surface area (Å²) < 4.78 is 10.9. The van der Waals surface area contributed by atoms with E-state index in [9.17, 15) is 0 Å². The molecule has 5 rings (SSSR count). The van der Waals surface area contributed by atoms with Crippen LogP contribution in [0, 0.1) is 0 Å². The van der Waals surface area contributed by atoms with Gasteiger partial charge in [0, 0.05) is 25.5 Å². The lowest BCUT2D eigenvalue weighted by atomic mass is 10.2. The van der Waals surface area contributed by atoms with Crippen molar-refractivity contribution in [1.29, 1.82) is 0 Å². The molecule has 1 fully saturated rings. The molecule has 8 heteroatoms. The second-order valence-corrected chi connectivity index (χ2v) is 6.08. The average Bonchev–Trinajstić information content (AvgIpc) is 3.29. The number of aromatic nitrogens is 5. The van der Waals surface area contributed by atoms with Gasteiger partial charge in [0.15, 0.2) is 23.2 Å². The third-order valence-electron chi connectivity index (χ3n) is 4.37. The number of morpholine rings is 1. The predicted molar refractivity (Wildman–Crippen MR) is 99.1 cm³/mol. The zero-order valence-corrected chi connectivity index (χ0v) is 14.4. The number of nitrogens with zero attached hydrogens (tertiary/aromatic N) is 6. The smallest absolute Gasteiger partial charge is 0.196 e. The number of fused-ring (bicyclic) bond motifs is 1. The quantitative estimate of drug-likeness (QED) is 0.551.